The summed E-state index contributed by atoms with van der Waals surface area (Å²) in [6.45, 7) is 7.72. The fraction of sp³-hybridized carbons (Fsp3) is 0.786. The molecule has 1 aromatic rings. The van der Waals surface area contributed by atoms with Crippen LogP contribution in [0.2, 0.25) is 0 Å². The number of thiazole rings is 1. The zero-order valence-corrected chi connectivity index (χ0v) is 12.0. The molecule has 0 amide bonds. The second kappa shape index (κ2) is 5.96. The molecule has 0 saturated heterocycles. The van der Waals surface area contributed by atoms with E-state index in [9.17, 15) is 0 Å². The summed E-state index contributed by atoms with van der Waals surface area (Å²) in [5.74, 6) is 1.66. The number of nitrogens with zero attached hydrogens (tertiary/aromatic N) is 1. The lowest BCUT2D eigenvalue weighted by Gasteiger charge is -2.33. The molecule has 3 heteroatoms. The van der Waals surface area contributed by atoms with Gasteiger partial charge in [-0.2, -0.15) is 0 Å². The molecule has 0 aliphatic heterocycles. The number of hydrogen-bond donors (Lipinski definition) is 1. The summed E-state index contributed by atoms with van der Waals surface area (Å²) in [5, 5.41) is 7.07. The van der Waals surface area contributed by atoms with Crippen LogP contribution < -0.4 is 5.32 Å². The molecule has 1 aliphatic rings. The average molecular weight is 252 g/mol. The summed E-state index contributed by atoms with van der Waals surface area (Å²) in [6, 6.07) is 0.479. The Morgan fingerprint density at radius 1 is 1.53 bits per heavy atom. The molecule has 1 saturated carbocycles. The standard InChI is InChI=1S/C14H24N2S/c1-4-15-14(13-9-17-11(3)16-13)12-7-5-6-10(2)8-12/h9-10,12,14-15H,4-8H2,1-3H3. The summed E-state index contributed by atoms with van der Waals surface area (Å²) in [6.07, 6.45) is 5.51. The minimum Gasteiger partial charge on any atom is -0.309 e. The Morgan fingerprint density at radius 3 is 2.94 bits per heavy atom. The second-order valence-corrected chi connectivity index (χ2v) is 6.42. The van der Waals surface area contributed by atoms with Crippen molar-refractivity contribution in [3.8, 4) is 0 Å². The molecule has 3 unspecified atom stereocenters. The van der Waals surface area contributed by atoms with Gasteiger partial charge < -0.3 is 5.32 Å². The molecular formula is C14H24N2S. The Labute approximate surface area is 109 Å². The Balaban J connectivity index is 2.10. The van der Waals surface area contributed by atoms with Gasteiger partial charge in [0.25, 0.3) is 0 Å². The van der Waals surface area contributed by atoms with Crippen molar-refractivity contribution in [2.75, 3.05) is 6.54 Å². The molecule has 2 nitrogen and oxygen atoms in total. The number of hydrogen-bond acceptors (Lipinski definition) is 3. The lowest BCUT2D eigenvalue weighted by Crippen LogP contribution is -2.31. The van der Waals surface area contributed by atoms with Gasteiger partial charge in [0.2, 0.25) is 0 Å². The predicted octanol–water partition coefficient (Wildman–Crippen LogP) is 3.93. The molecule has 96 valence electrons. The maximum atomic E-state index is 4.69. The maximum Gasteiger partial charge on any atom is 0.0898 e. The highest BCUT2D eigenvalue weighted by Gasteiger charge is 2.28. The molecule has 1 aliphatic carbocycles. The Kier molecular flexibility index (Phi) is 4.57. The van der Waals surface area contributed by atoms with E-state index in [-0.39, 0.29) is 0 Å². The van der Waals surface area contributed by atoms with Crippen LogP contribution in [0.1, 0.15) is 56.3 Å². The van der Waals surface area contributed by atoms with E-state index in [1.165, 1.54) is 36.4 Å². The minimum atomic E-state index is 0.479. The molecule has 3 atom stereocenters. The summed E-state index contributed by atoms with van der Waals surface area (Å²) < 4.78 is 0. The average Bonchev–Trinajstić information content (AvgIpc) is 2.72. The highest BCUT2D eigenvalue weighted by Crippen LogP contribution is 2.37. The molecule has 0 spiro atoms. The van der Waals surface area contributed by atoms with Crippen LogP contribution in [0.3, 0.4) is 0 Å². The third kappa shape index (κ3) is 3.29. The van der Waals surface area contributed by atoms with Crippen molar-refractivity contribution in [3.63, 3.8) is 0 Å². The molecule has 17 heavy (non-hydrogen) atoms. The summed E-state index contributed by atoms with van der Waals surface area (Å²) >= 11 is 1.77. The predicted molar refractivity (Wildman–Crippen MR) is 74.4 cm³/mol. The van der Waals surface area contributed by atoms with Crippen molar-refractivity contribution in [1.29, 1.82) is 0 Å². The van der Waals surface area contributed by atoms with Gasteiger partial charge in [0.15, 0.2) is 0 Å². The van der Waals surface area contributed by atoms with E-state index in [0.29, 0.717) is 6.04 Å². The first kappa shape index (κ1) is 13.0. The van der Waals surface area contributed by atoms with Crippen LogP contribution in [-0.4, -0.2) is 11.5 Å². The maximum absolute atomic E-state index is 4.69. The molecule has 0 radical (unpaired) electrons. The van der Waals surface area contributed by atoms with Crippen molar-refractivity contribution in [3.05, 3.63) is 16.1 Å². The molecule has 0 aromatic carbocycles. The first-order chi connectivity index (χ1) is 8.20. The van der Waals surface area contributed by atoms with Gasteiger partial charge in [-0.25, -0.2) is 4.98 Å². The zero-order chi connectivity index (χ0) is 12.3. The van der Waals surface area contributed by atoms with Gasteiger partial charge >= 0.3 is 0 Å². The molecular weight excluding hydrogens is 228 g/mol. The van der Waals surface area contributed by atoms with E-state index >= 15 is 0 Å². The molecule has 1 heterocycles. The van der Waals surface area contributed by atoms with E-state index in [4.69, 9.17) is 0 Å². The van der Waals surface area contributed by atoms with Crippen LogP contribution in [0.15, 0.2) is 5.38 Å². The number of nitrogens with one attached hydrogen (secondary N) is 1. The van der Waals surface area contributed by atoms with Crippen molar-refractivity contribution in [2.45, 2.75) is 52.5 Å². The highest BCUT2D eigenvalue weighted by molar-refractivity contribution is 7.09. The minimum absolute atomic E-state index is 0.479. The quantitative estimate of drug-likeness (QED) is 0.878. The van der Waals surface area contributed by atoms with Crippen LogP contribution in [0.5, 0.6) is 0 Å². The summed E-state index contributed by atoms with van der Waals surface area (Å²) in [7, 11) is 0. The van der Waals surface area contributed by atoms with Gasteiger partial charge in [-0.15, -0.1) is 11.3 Å². The Morgan fingerprint density at radius 2 is 2.35 bits per heavy atom. The fourth-order valence-electron chi connectivity index (χ4n) is 3.04. The number of rotatable bonds is 4. The SMILES string of the molecule is CCNC(c1csc(C)n1)C1CCCC(C)C1. The lowest BCUT2D eigenvalue weighted by molar-refractivity contribution is 0.223. The first-order valence-electron chi connectivity index (χ1n) is 6.86. The summed E-state index contributed by atoms with van der Waals surface area (Å²) in [4.78, 5) is 4.69. The van der Waals surface area contributed by atoms with Crippen LogP contribution in [0.4, 0.5) is 0 Å². The Bertz CT molecular complexity index is 348. The van der Waals surface area contributed by atoms with Gasteiger partial charge in [0.05, 0.1) is 16.7 Å². The van der Waals surface area contributed by atoms with E-state index in [0.717, 1.165) is 18.4 Å². The van der Waals surface area contributed by atoms with E-state index in [1.807, 2.05) is 0 Å². The normalized spacial score (nSPS) is 27.0. The van der Waals surface area contributed by atoms with Crippen LogP contribution in [0, 0.1) is 18.8 Å². The van der Waals surface area contributed by atoms with Gasteiger partial charge in [-0.1, -0.05) is 26.7 Å². The van der Waals surface area contributed by atoms with Gasteiger partial charge in [-0.05, 0) is 38.1 Å². The third-order valence-corrected chi connectivity index (χ3v) is 4.62. The van der Waals surface area contributed by atoms with E-state index < -0.39 is 0 Å². The van der Waals surface area contributed by atoms with Crippen molar-refractivity contribution >= 4 is 11.3 Å². The highest BCUT2D eigenvalue weighted by atomic mass is 32.1. The largest absolute Gasteiger partial charge is 0.309 e. The first-order valence-corrected chi connectivity index (χ1v) is 7.74. The molecule has 1 N–H and O–H groups in total. The monoisotopic (exact) mass is 252 g/mol. The molecule has 1 fully saturated rings. The fourth-order valence-corrected chi connectivity index (χ4v) is 3.69. The zero-order valence-electron chi connectivity index (χ0n) is 11.2. The van der Waals surface area contributed by atoms with Crippen molar-refractivity contribution in [2.24, 2.45) is 11.8 Å². The van der Waals surface area contributed by atoms with E-state index in [2.05, 4.69) is 36.5 Å². The molecule has 2 rings (SSSR count). The van der Waals surface area contributed by atoms with Crippen LogP contribution >= 0.6 is 11.3 Å². The molecule has 0 bridgehead atoms. The third-order valence-electron chi connectivity index (χ3n) is 3.83. The van der Waals surface area contributed by atoms with Crippen LogP contribution in [0.25, 0.3) is 0 Å². The number of aromatic nitrogens is 1. The van der Waals surface area contributed by atoms with Crippen molar-refractivity contribution < 1.29 is 0 Å². The van der Waals surface area contributed by atoms with Gasteiger partial charge in [-0.3, -0.25) is 0 Å². The van der Waals surface area contributed by atoms with Crippen molar-refractivity contribution in [1.82, 2.24) is 10.3 Å². The molecule has 1 aromatic heterocycles. The number of aryl methyl sites for hydroxylation is 1. The topological polar surface area (TPSA) is 24.9 Å². The second-order valence-electron chi connectivity index (χ2n) is 5.36. The summed E-state index contributed by atoms with van der Waals surface area (Å²) in [5.41, 5.74) is 1.27. The van der Waals surface area contributed by atoms with E-state index in [1.54, 1.807) is 11.3 Å². The lowest BCUT2D eigenvalue weighted by atomic mass is 9.78. The van der Waals surface area contributed by atoms with Gasteiger partial charge in [0, 0.05) is 5.38 Å². The smallest absolute Gasteiger partial charge is 0.0898 e. The van der Waals surface area contributed by atoms with Gasteiger partial charge in [0.1, 0.15) is 0 Å². The van der Waals surface area contributed by atoms with Crippen LogP contribution in [-0.2, 0) is 0 Å². The Hall–Kier alpha value is -0.410.